The molecule has 0 bridgehead atoms. The summed E-state index contributed by atoms with van der Waals surface area (Å²) in [4.78, 5) is 32.3. The van der Waals surface area contributed by atoms with Gasteiger partial charge in [0.1, 0.15) is 0 Å². The average Bonchev–Trinajstić information content (AvgIpc) is 2.68. The van der Waals surface area contributed by atoms with Crippen molar-refractivity contribution in [3.05, 3.63) is 63.9 Å². The van der Waals surface area contributed by atoms with Crippen molar-refractivity contribution in [2.75, 3.05) is 18.8 Å². The Labute approximate surface area is 169 Å². The van der Waals surface area contributed by atoms with Gasteiger partial charge < -0.3 is 4.90 Å². The van der Waals surface area contributed by atoms with Gasteiger partial charge in [0, 0.05) is 13.1 Å². The number of hydrogen-bond acceptors (Lipinski definition) is 4. The second-order valence-corrected chi connectivity index (χ2v) is 7.64. The van der Waals surface area contributed by atoms with E-state index in [4.69, 9.17) is 4.98 Å². The monoisotopic (exact) mass is 395 g/mol. The molecule has 0 aliphatic carbocycles. The molecule has 3 rings (SSSR count). The van der Waals surface area contributed by atoms with E-state index >= 15 is 0 Å². The maximum Gasteiger partial charge on any atom is 0.266 e. The number of nitrogens with zero attached hydrogens (tertiary/aromatic N) is 3. The van der Waals surface area contributed by atoms with Gasteiger partial charge in [-0.15, -0.1) is 0 Å². The van der Waals surface area contributed by atoms with E-state index in [-0.39, 0.29) is 17.2 Å². The third-order valence-electron chi connectivity index (χ3n) is 4.78. The lowest BCUT2D eigenvalue weighted by atomic mass is 10.1. The van der Waals surface area contributed by atoms with Crippen LogP contribution in [0.2, 0.25) is 0 Å². The molecule has 0 radical (unpaired) electrons. The molecule has 0 fully saturated rings. The number of carbonyl (C=O) groups is 1. The van der Waals surface area contributed by atoms with E-state index in [9.17, 15) is 9.59 Å². The molecule has 1 amide bonds. The van der Waals surface area contributed by atoms with Crippen LogP contribution < -0.4 is 5.56 Å². The SMILES string of the molecule is CCN(CC)C(=O)CSc1nc2ccccc2c(=O)n1-c1ccc(C)cc1C. The number of aromatic nitrogens is 2. The molecule has 0 aliphatic heterocycles. The number of aryl methyl sites for hydroxylation is 2. The molecule has 1 aromatic heterocycles. The summed E-state index contributed by atoms with van der Waals surface area (Å²) < 4.78 is 1.64. The highest BCUT2D eigenvalue weighted by atomic mass is 32.2. The maximum absolute atomic E-state index is 13.3. The van der Waals surface area contributed by atoms with Gasteiger partial charge in [-0.3, -0.25) is 14.2 Å². The zero-order chi connectivity index (χ0) is 20.3. The highest BCUT2D eigenvalue weighted by Crippen LogP contribution is 2.24. The largest absolute Gasteiger partial charge is 0.343 e. The molecular weight excluding hydrogens is 370 g/mol. The number of fused-ring (bicyclic) bond motifs is 1. The zero-order valence-corrected chi connectivity index (χ0v) is 17.5. The summed E-state index contributed by atoms with van der Waals surface area (Å²) >= 11 is 1.31. The number of para-hydroxylation sites is 1. The van der Waals surface area contributed by atoms with Gasteiger partial charge >= 0.3 is 0 Å². The Morgan fingerprint density at radius 1 is 1.11 bits per heavy atom. The highest BCUT2D eigenvalue weighted by Gasteiger charge is 2.17. The van der Waals surface area contributed by atoms with Crippen molar-refractivity contribution >= 4 is 28.6 Å². The van der Waals surface area contributed by atoms with Crippen LogP contribution in [0.4, 0.5) is 0 Å². The van der Waals surface area contributed by atoms with Gasteiger partial charge in [-0.1, -0.05) is 41.6 Å². The van der Waals surface area contributed by atoms with Gasteiger partial charge in [-0.2, -0.15) is 0 Å². The van der Waals surface area contributed by atoms with E-state index in [0.717, 1.165) is 16.8 Å². The summed E-state index contributed by atoms with van der Waals surface area (Å²) in [5.41, 5.74) is 3.46. The van der Waals surface area contributed by atoms with Gasteiger partial charge in [0.25, 0.3) is 5.56 Å². The van der Waals surface area contributed by atoms with Crippen LogP contribution in [0.25, 0.3) is 16.6 Å². The number of rotatable bonds is 6. The van der Waals surface area contributed by atoms with Crippen molar-refractivity contribution in [3.8, 4) is 5.69 Å². The predicted molar refractivity (Wildman–Crippen MR) is 115 cm³/mol. The first-order valence-corrected chi connectivity index (χ1v) is 10.4. The van der Waals surface area contributed by atoms with Crippen molar-refractivity contribution in [2.24, 2.45) is 0 Å². The van der Waals surface area contributed by atoms with Gasteiger partial charge in [0.2, 0.25) is 5.91 Å². The van der Waals surface area contributed by atoms with Crippen molar-refractivity contribution in [2.45, 2.75) is 32.9 Å². The number of hydrogen-bond donors (Lipinski definition) is 0. The molecule has 3 aromatic rings. The molecular formula is C22H25N3O2S. The molecule has 0 aliphatic rings. The van der Waals surface area contributed by atoms with E-state index in [2.05, 4.69) is 0 Å². The molecule has 2 aromatic carbocycles. The lowest BCUT2D eigenvalue weighted by molar-refractivity contribution is -0.127. The first kappa shape index (κ1) is 20.1. The second kappa shape index (κ2) is 8.61. The summed E-state index contributed by atoms with van der Waals surface area (Å²) in [6.07, 6.45) is 0. The topological polar surface area (TPSA) is 55.2 Å². The molecule has 0 spiro atoms. The van der Waals surface area contributed by atoms with Crippen LogP contribution in [0, 0.1) is 13.8 Å². The fraction of sp³-hybridized carbons (Fsp3) is 0.318. The number of amides is 1. The standard InChI is InChI=1S/C22H25N3O2S/c1-5-24(6-2)20(26)14-28-22-23-18-10-8-7-9-17(18)21(27)25(22)19-12-11-15(3)13-16(19)4/h7-13H,5-6,14H2,1-4H3. The third-order valence-corrected chi connectivity index (χ3v) is 5.70. The average molecular weight is 396 g/mol. The van der Waals surface area contributed by atoms with Crippen molar-refractivity contribution in [1.29, 1.82) is 0 Å². The molecule has 0 N–H and O–H groups in total. The van der Waals surface area contributed by atoms with Gasteiger partial charge in [-0.25, -0.2) is 4.98 Å². The van der Waals surface area contributed by atoms with E-state index < -0.39 is 0 Å². The Kier molecular flexibility index (Phi) is 6.19. The number of benzene rings is 2. The Hall–Kier alpha value is -2.60. The van der Waals surface area contributed by atoms with Gasteiger partial charge in [0.05, 0.1) is 22.3 Å². The fourth-order valence-corrected chi connectivity index (χ4v) is 4.18. The quantitative estimate of drug-likeness (QED) is 0.468. The molecule has 6 heteroatoms. The summed E-state index contributed by atoms with van der Waals surface area (Å²) in [6, 6.07) is 13.3. The van der Waals surface area contributed by atoms with Crippen LogP contribution in [-0.4, -0.2) is 39.2 Å². The van der Waals surface area contributed by atoms with Crippen LogP contribution in [0.1, 0.15) is 25.0 Å². The van der Waals surface area contributed by atoms with E-state index in [0.29, 0.717) is 29.1 Å². The maximum atomic E-state index is 13.3. The first-order chi connectivity index (χ1) is 13.5. The smallest absolute Gasteiger partial charge is 0.266 e. The first-order valence-electron chi connectivity index (χ1n) is 9.46. The Bertz CT molecular complexity index is 1070. The molecule has 1 heterocycles. The minimum absolute atomic E-state index is 0.0459. The number of carbonyl (C=O) groups excluding carboxylic acids is 1. The lowest BCUT2D eigenvalue weighted by Crippen LogP contribution is -2.32. The normalized spacial score (nSPS) is 11.0. The summed E-state index contributed by atoms with van der Waals surface area (Å²) in [6.45, 7) is 9.28. The zero-order valence-electron chi connectivity index (χ0n) is 16.7. The predicted octanol–water partition coefficient (Wildman–Crippen LogP) is 3.96. The van der Waals surface area contributed by atoms with Crippen LogP contribution in [0.3, 0.4) is 0 Å². The molecule has 28 heavy (non-hydrogen) atoms. The lowest BCUT2D eigenvalue weighted by Gasteiger charge is -2.19. The van der Waals surface area contributed by atoms with Crippen LogP contribution in [-0.2, 0) is 4.79 Å². The van der Waals surface area contributed by atoms with Crippen LogP contribution >= 0.6 is 11.8 Å². The third kappa shape index (κ3) is 3.97. The van der Waals surface area contributed by atoms with Crippen LogP contribution in [0.5, 0.6) is 0 Å². The molecule has 0 saturated carbocycles. The van der Waals surface area contributed by atoms with Crippen molar-refractivity contribution in [1.82, 2.24) is 14.5 Å². The highest BCUT2D eigenvalue weighted by molar-refractivity contribution is 7.99. The molecule has 5 nitrogen and oxygen atoms in total. The van der Waals surface area contributed by atoms with E-state index in [1.807, 2.05) is 64.1 Å². The minimum atomic E-state index is -0.115. The van der Waals surface area contributed by atoms with E-state index in [1.165, 1.54) is 11.8 Å². The Morgan fingerprint density at radius 2 is 1.82 bits per heavy atom. The Balaban J connectivity index is 2.12. The van der Waals surface area contributed by atoms with Crippen LogP contribution in [0.15, 0.2) is 52.4 Å². The molecule has 0 saturated heterocycles. The van der Waals surface area contributed by atoms with Gasteiger partial charge in [0.15, 0.2) is 5.16 Å². The Morgan fingerprint density at radius 3 is 2.50 bits per heavy atom. The molecule has 146 valence electrons. The summed E-state index contributed by atoms with van der Waals surface area (Å²) in [5, 5.41) is 1.11. The van der Waals surface area contributed by atoms with Crippen molar-refractivity contribution in [3.63, 3.8) is 0 Å². The number of thioether (sulfide) groups is 1. The molecule has 0 atom stereocenters. The minimum Gasteiger partial charge on any atom is -0.343 e. The van der Waals surface area contributed by atoms with Gasteiger partial charge in [-0.05, 0) is 51.5 Å². The fourth-order valence-electron chi connectivity index (χ4n) is 3.27. The summed E-state index contributed by atoms with van der Waals surface area (Å²) in [7, 11) is 0. The molecule has 0 unspecified atom stereocenters. The summed E-state index contributed by atoms with van der Waals surface area (Å²) in [5.74, 6) is 0.293. The second-order valence-electron chi connectivity index (χ2n) is 6.70. The van der Waals surface area contributed by atoms with Crippen molar-refractivity contribution < 1.29 is 4.79 Å². The van der Waals surface area contributed by atoms with E-state index in [1.54, 1.807) is 15.5 Å².